The summed E-state index contributed by atoms with van der Waals surface area (Å²) in [6.07, 6.45) is 4.36. The maximum Gasteiger partial charge on any atom is 0.305 e. The number of nitrogens with zero attached hydrogens (tertiary/aromatic N) is 3. The summed E-state index contributed by atoms with van der Waals surface area (Å²) in [5, 5.41) is 17.3. The number of carbonyl (C=O) groups is 1. The number of aromatic nitrogens is 2. The van der Waals surface area contributed by atoms with Crippen LogP contribution >= 0.6 is 0 Å². The van der Waals surface area contributed by atoms with Gasteiger partial charge in [0.25, 0.3) is 0 Å². The van der Waals surface area contributed by atoms with Gasteiger partial charge in [-0.25, -0.2) is 0 Å². The van der Waals surface area contributed by atoms with Crippen molar-refractivity contribution in [3.05, 3.63) is 30.0 Å². The van der Waals surface area contributed by atoms with Gasteiger partial charge in [-0.15, -0.1) is 0 Å². The molecule has 0 radical (unpaired) electrons. The van der Waals surface area contributed by atoms with Crippen molar-refractivity contribution >= 4 is 23.1 Å². The van der Waals surface area contributed by atoms with Crippen molar-refractivity contribution in [1.82, 2.24) is 15.4 Å². The average molecular weight is 290 g/mol. The number of hydrazone groups is 1. The Morgan fingerprint density at radius 1 is 1.57 bits per heavy atom. The average Bonchev–Trinajstić information content (AvgIpc) is 2.88. The van der Waals surface area contributed by atoms with Gasteiger partial charge >= 0.3 is 5.97 Å². The van der Waals surface area contributed by atoms with Crippen molar-refractivity contribution < 1.29 is 14.7 Å². The third-order valence-corrected chi connectivity index (χ3v) is 2.99. The zero-order chi connectivity index (χ0) is 15.1. The van der Waals surface area contributed by atoms with Gasteiger partial charge in [0, 0.05) is 18.4 Å². The molecule has 0 saturated carbocycles. The van der Waals surface area contributed by atoms with Crippen LogP contribution in [0.4, 0.5) is 0 Å². The first-order chi connectivity index (χ1) is 10.2. The second-order valence-corrected chi connectivity index (χ2v) is 4.45. The first-order valence-corrected chi connectivity index (χ1v) is 6.78. The van der Waals surface area contributed by atoms with Crippen LogP contribution in [0, 0.1) is 0 Å². The van der Waals surface area contributed by atoms with Gasteiger partial charge in [-0.2, -0.15) is 15.8 Å². The Morgan fingerprint density at radius 3 is 3.19 bits per heavy atom. The standard InChI is InChI=1S/C14H18N4O3/c1-2-21-14(19)4-3-7-18-13-6-5-11(9-15-17-20)8-12(13)10-16-18/h5-6,8-10,17,20H,2-4,7H2,1H3. The molecule has 0 saturated heterocycles. The van der Waals surface area contributed by atoms with Gasteiger partial charge in [0.05, 0.1) is 24.5 Å². The van der Waals surface area contributed by atoms with Crippen molar-refractivity contribution in [3.8, 4) is 0 Å². The molecule has 0 fully saturated rings. The highest BCUT2D eigenvalue weighted by atomic mass is 16.5. The lowest BCUT2D eigenvalue weighted by atomic mass is 10.2. The van der Waals surface area contributed by atoms with Crippen LogP contribution < -0.4 is 5.59 Å². The van der Waals surface area contributed by atoms with E-state index in [0.29, 0.717) is 26.0 Å². The number of ether oxygens (including phenoxy) is 1. The molecule has 0 atom stereocenters. The fourth-order valence-corrected chi connectivity index (χ4v) is 2.07. The van der Waals surface area contributed by atoms with Crippen LogP contribution in [-0.4, -0.2) is 33.8 Å². The smallest absolute Gasteiger partial charge is 0.305 e. The summed E-state index contributed by atoms with van der Waals surface area (Å²) in [5.74, 6) is -0.177. The minimum Gasteiger partial charge on any atom is -0.466 e. The predicted molar refractivity (Wildman–Crippen MR) is 78.1 cm³/mol. The topological polar surface area (TPSA) is 88.7 Å². The van der Waals surface area contributed by atoms with E-state index in [2.05, 4.69) is 10.2 Å². The summed E-state index contributed by atoms with van der Waals surface area (Å²) in [6.45, 7) is 2.87. The molecule has 0 unspecified atom stereocenters. The molecular formula is C14H18N4O3. The summed E-state index contributed by atoms with van der Waals surface area (Å²) in [4.78, 5) is 11.3. The van der Waals surface area contributed by atoms with Crippen LogP contribution in [-0.2, 0) is 16.1 Å². The van der Waals surface area contributed by atoms with Crippen molar-refractivity contribution in [1.29, 1.82) is 0 Å². The normalized spacial score (nSPS) is 11.1. The van der Waals surface area contributed by atoms with E-state index in [0.717, 1.165) is 16.5 Å². The molecular weight excluding hydrogens is 272 g/mol. The SMILES string of the molecule is CCOC(=O)CCCn1ncc2cc(C=NNO)ccc21. The Bertz CT molecular complexity index is 636. The molecule has 0 aliphatic rings. The third kappa shape index (κ3) is 4.03. The monoisotopic (exact) mass is 290 g/mol. The van der Waals surface area contributed by atoms with Gasteiger partial charge in [0.2, 0.25) is 0 Å². The Labute approximate surface area is 122 Å². The molecule has 1 aromatic carbocycles. The van der Waals surface area contributed by atoms with Gasteiger partial charge in [0.15, 0.2) is 0 Å². The highest BCUT2D eigenvalue weighted by Gasteiger charge is 2.05. The molecule has 21 heavy (non-hydrogen) atoms. The summed E-state index contributed by atoms with van der Waals surface area (Å²) in [6, 6.07) is 5.74. The van der Waals surface area contributed by atoms with Crippen LogP contribution in [0.3, 0.4) is 0 Å². The number of carbonyl (C=O) groups excluding carboxylic acids is 1. The minimum absolute atomic E-state index is 0.177. The summed E-state index contributed by atoms with van der Waals surface area (Å²) in [7, 11) is 0. The summed E-state index contributed by atoms with van der Waals surface area (Å²) < 4.78 is 6.75. The van der Waals surface area contributed by atoms with Gasteiger partial charge in [-0.3, -0.25) is 14.7 Å². The van der Waals surface area contributed by atoms with Crippen LogP contribution in [0.15, 0.2) is 29.5 Å². The number of fused-ring (bicyclic) bond motifs is 1. The quantitative estimate of drug-likeness (QED) is 0.460. The molecule has 0 spiro atoms. The number of hydrogen-bond acceptors (Lipinski definition) is 6. The lowest BCUT2D eigenvalue weighted by molar-refractivity contribution is -0.143. The predicted octanol–water partition coefficient (Wildman–Crippen LogP) is 1.69. The maximum atomic E-state index is 11.3. The fraction of sp³-hybridized carbons (Fsp3) is 0.357. The summed E-state index contributed by atoms with van der Waals surface area (Å²) in [5.41, 5.74) is 3.57. The number of rotatable bonds is 7. The van der Waals surface area contributed by atoms with E-state index in [4.69, 9.17) is 9.94 Å². The van der Waals surface area contributed by atoms with Crippen molar-refractivity contribution in [2.24, 2.45) is 5.10 Å². The molecule has 0 aliphatic heterocycles. The fourth-order valence-electron chi connectivity index (χ4n) is 2.07. The first-order valence-electron chi connectivity index (χ1n) is 6.78. The van der Waals surface area contributed by atoms with Gasteiger partial charge in [-0.1, -0.05) is 6.07 Å². The lowest BCUT2D eigenvalue weighted by Gasteiger charge is -2.04. The van der Waals surface area contributed by atoms with E-state index in [-0.39, 0.29) is 5.97 Å². The molecule has 2 aromatic rings. The lowest BCUT2D eigenvalue weighted by Crippen LogP contribution is -2.07. The second-order valence-electron chi connectivity index (χ2n) is 4.45. The van der Waals surface area contributed by atoms with Crippen molar-refractivity contribution in [2.45, 2.75) is 26.3 Å². The molecule has 0 aliphatic carbocycles. The number of hydrogen-bond donors (Lipinski definition) is 2. The first kappa shape index (κ1) is 15.0. The molecule has 2 rings (SSSR count). The van der Waals surface area contributed by atoms with E-state index in [1.165, 1.54) is 6.21 Å². The van der Waals surface area contributed by atoms with Crippen molar-refractivity contribution in [3.63, 3.8) is 0 Å². The molecule has 7 nitrogen and oxygen atoms in total. The zero-order valence-corrected chi connectivity index (χ0v) is 11.8. The summed E-state index contributed by atoms with van der Waals surface area (Å²) >= 11 is 0. The van der Waals surface area contributed by atoms with E-state index in [9.17, 15) is 4.79 Å². The number of esters is 1. The highest BCUT2D eigenvalue weighted by Crippen LogP contribution is 2.15. The second kappa shape index (κ2) is 7.39. The van der Waals surface area contributed by atoms with Crippen LogP contribution in [0.2, 0.25) is 0 Å². The Morgan fingerprint density at radius 2 is 2.43 bits per heavy atom. The van der Waals surface area contributed by atoms with Crippen LogP contribution in [0.1, 0.15) is 25.3 Å². The Balaban J connectivity index is 2.01. The molecule has 0 bridgehead atoms. The number of nitrogens with one attached hydrogen (secondary N) is 1. The molecule has 112 valence electrons. The third-order valence-electron chi connectivity index (χ3n) is 2.99. The van der Waals surface area contributed by atoms with Gasteiger partial charge < -0.3 is 4.74 Å². The number of benzene rings is 1. The van der Waals surface area contributed by atoms with E-state index in [1.54, 1.807) is 18.7 Å². The minimum atomic E-state index is -0.177. The zero-order valence-electron chi connectivity index (χ0n) is 11.8. The Kier molecular flexibility index (Phi) is 5.28. The molecule has 1 aromatic heterocycles. The number of aryl methyl sites for hydroxylation is 1. The molecule has 0 amide bonds. The van der Waals surface area contributed by atoms with Gasteiger partial charge in [-0.05, 0) is 31.0 Å². The van der Waals surface area contributed by atoms with E-state index >= 15 is 0 Å². The molecule has 7 heteroatoms. The van der Waals surface area contributed by atoms with Crippen LogP contribution in [0.25, 0.3) is 10.9 Å². The largest absolute Gasteiger partial charge is 0.466 e. The van der Waals surface area contributed by atoms with E-state index in [1.807, 2.05) is 22.9 Å². The van der Waals surface area contributed by atoms with Crippen LogP contribution in [0.5, 0.6) is 0 Å². The van der Waals surface area contributed by atoms with Gasteiger partial charge in [0.1, 0.15) is 0 Å². The van der Waals surface area contributed by atoms with Crippen molar-refractivity contribution in [2.75, 3.05) is 6.61 Å². The highest BCUT2D eigenvalue weighted by molar-refractivity contribution is 5.88. The van der Waals surface area contributed by atoms with E-state index < -0.39 is 0 Å². The molecule has 1 heterocycles. The maximum absolute atomic E-state index is 11.3. The Hall–Kier alpha value is -2.41. The molecule has 2 N–H and O–H groups in total.